The number of likely N-dealkylation sites (tertiary alicyclic amines) is 1. The molecule has 342 valence electrons. The van der Waals surface area contributed by atoms with Gasteiger partial charge in [0, 0.05) is 59.7 Å². The van der Waals surface area contributed by atoms with Gasteiger partial charge in [-0.05, 0) is 54.7 Å². The number of nitriles is 1. The normalized spacial score (nSPS) is 29.7. The first-order chi connectivity index (χ1) is 30.2. The second-order valence-corrected chi connectivity index (χ2v) is 16.2. The maximum absolute atomic E-state index is 13.5. The standard InChI is InChI=1S/C41H55N9O12S/c1-21-12-16-49(28(53)10-14-42)18-26(21)48(3)36-25-13-17-50(37(25)45-20-44-36)41(63)47-24-8-6-23(7-9-24)11-15-43-38(57)35-34(58-4)31(55)32(56)40(62-35)61-33-29(46-22(2)52)39(59-5)60-27(19-51)30(33)54/h6-9,13,17,20-21,26-27,29-35,39-40,51,54-56H,10-12,15-16,18-19H2,1-5H3,(H,43,57)(H,46,52)(H,47,63)/t21-,26+,27?,29?,30-,31?,32?,33?,34+,35?,39-,40-/m1/s1. The summed E-state index contributed by atoms with van der Waals surface area (Å²) in [5.41, 5.74) is 2.17. The molecule has 3 aliphatic rings. The molecule has 3 aliphatic heterocycles. The zero-order valence-corrected chi connectivity index (χ0v) is 36.4. The maximum atomic E-state index is 13.5. The Morgan fingerprint density at radius 1 is 1.03 bits per heavy atom. The number of thiocarbonyl (C=S) groups is 1. The van der Waals surface area contributed by atoms with E-state index >= 15 is 0 Å². The highest BCUT2D eigenvalue weighted by atomic mass is 32.1. The van der Waals surface area contributed by atoms with Crippen molar-refractivity contribution < 1.29 is 58.5 Å². The van der Waals surface area contributed by atoms with Gasteiger partial charge in [-0.25, -0.2) is 9.97 Å². The molecule has 12 atom stereocenters. The number of aromatic nitrogens is 3. The fourth-order valence-electron chi connectivity index (χ4n) is 8.27. The van der Waals surface area contributed by atoms with Gasteiger partial charge in [0.25, 0.3) is 5.91 Å². The zero-order valence-electron chi connectivity index (χ0n) is 35.6. The van der Waals surface area contributed by atoms with Crippen molar-refractivity contribution >= 4 is 57.6 Å². The number of methoxy groups -OCH3 is 2. The number of rotatable bonds is 14. The van der Waals surface area contributed by atoms with Crippen LogP contribution in [0.5, 0.6) is 0 Å². The fraction of sp³-hybridized carbons (Fsp3) is 0.585. The molecular weight excluding hydrogens is 843 g/mol. The third kappa shape index (κ3) is 10.6. The summed E-state index contributed by atoms with van der Waals surface area (Å²) >= 11 is 5.78. The lowest BCUT2D eigenvalue weighted by atomic mass is 9.92. The Morgan fingerprint density at radius 3 is 2.44 bits per heavy atom. The summed E-state index contributed by atoms with van der Waals surface area (Å²) in [6, 6.07) is 10.1. The largest absolute Gasteiger partial charge is 0.394 e. The van der Waals surface area contributed by atoms with Crippen LogP contribution in [0.25, 0.3) is 11.0 Å². The van der Waals surface area contributed by atoms with Gasteiger partial charge in [-0.3, -0.25) is 19.0 Å². The van der Waals surface area contributed by atoms with Crippen molar-refractivity contribution in [2.45, 2.75) is 101 Å². The van der Waals surface area contributed by atoms with Crippen LogP contribution in [0.15, 0.2) is 42.9 Å². The van der Waals surface area contributed by atoms with Crippen LogP contribution >= 0.6 is 12.2 Å². The summed E-state index contributed by atoms with van der Waals surface area (Å²) in [4.78, 5) is 51.0. The molecule has 1 aromatic carbocycles. The van der Waals surface area contributed by atoms with Gasteiger partial charge in [-0.15, -0.1) is 0 Å². The van der Waals surface area contributed by atoms with Crippen molar-refractivity contribution in [1.29, 1.82) is 5.26 Å². The number of anilines is 2. The van der Waals surface area contributed by atoms with E-state index in [1.54, 1.807) is 9.47 Å². The Bertz CT molecular complexity index is 2120. The summed E-state index contributed by atoms with van der Waals surface area (Å²) in [6.07, 6.45) is -8.79. The van der Waals surface area contributed by atoms with Gasteiger partial charge in [-0.2, -0.15) is 5.26 Å². The first kappa shape index (κ1) is 47.5. The smallest absolute Gasteiger partial charge is 0.252 e. The molecular formula is C41H55N9O12S. The lowest BCUT2D eigenvalue weighted by Gasteiger charge is -2.47. The van der Waals surface area contributed by atoms with E-state index in [1.807, 2.05) is 49.6 Å². The van der Waals surface area contributed by atoms with Gasteiger partial charge in [-0.1, -0.05) is 19.1 Å². The van der Waals surface area contributed by atoms with Crippen LogP contribution in [0.4, 0.5) is 11.5 Å². The summed E-state index contributed by atoms with van der Waals surface area (Å²) in [5, 5.41) is 61.5. The highest BCUT2D eigenvalue weighted by molar-refractivity contribution is 7.80. The minimum Gasteiger partial charge on any atom is -0.394 e. The fourth-order valence-corrected chi connectivity index (χ4v) is 8.53. The molecule has 0 saturated carbocycles. The number of hydrogen-bond donors (Lipinski definition) is 7. The zero-order chi connectivity index (χ0) is 45.5. The van der Waals surface area contributed by atoms with Crippen molar-refractivity contribution in [2.24, 2.45) is 5.92 Å². The van der Waals surface area contributed by atoms with Crippen LogP contribution in [0, 0.1) is 17.2 Å². The van der Waals surface area contributed by atoms with Gasteiger partial charge < -0.3 is 69.9 Å². The molecule has 7 N–H and O–H groups in total. The Balaban J connectivity index is 1.05. The molecule has 3 aromatic rings. The molecule has 0 bridgehead atoms. The number of hydrogen-bond acceptors (Lipinski definition) is 17. The summed E-state index contributed by atoms with van der Waals surface area (Å²) in [5.74, 6) is -0.386. The molecule has 6 rings (SSSR count). The van der Waals surface area contributed by atoms with Crippen molar-refractivity contribution in [3.63, 3.8) is 0 Å². The Kier molecular flexibility index (Phi) is 16.0. The van der Waals surface area contributed by atoms with E-state index in [-0.39, 0.29) is 30.8 Å². The van der Waals surface area contributed by atoms with Crippen molar-refractivity contribution in [2.75, 3.05) is 57.7 Å². The monoisotopic (exact) mass is 897 g/mol. The number of carbonyl (C=O) groups is 3. The highest BCUT2D eigenvalue weighted by Gasteiger charge is 2.53. The summed E-state index contributed by atoms with van der Waals surface area (Å²) < 4.78 is 29.8. The number of amides is 3. The Labute approximate surface area is 369 Å². The van der Waals surface area contributed by atoms with E-state index in [1.165, 1.54) is 27.5 Å². The molecule has 2 aromatic heterocycles. The third-order valence-corrected chi connectivity index (χ3v) is 12.1. The molecule has 3 amide bonds. The molecule has 6 unspecified atom stereocenters. The quantitative estimate of drug-likeness (QED) is 0.0956. The van der Waals surface area contributed by atoms with Gasteiger partial charge in [0.05, 0.1) is 24.1 Å². The second kappa shape index (κ2) is 21.2. The third-order valence-electron chi connectivity index (χ3n) is 11.8. The number of fused-ring (bicyclic) bond motifs is 1. The van der Waals surface area contributed by atoms with Crippen LogP contribution in [-0.2, 0) is 44.5 Å². The maximum Gasteiger partial charge on any atom is 0.252 e. The molecule has 3 saturated heterocycles. The average Bonchev–Trinajstić information content (AvgIpc) is 3.71. The number of nitrogens with one attached hydrogen (secondary N) is 3. The van der Waals surface area contributed by atoms with E-state index in [9.17, 15) is 34.8 Å². The van der Waals surface area contributed by atoms with E-state index in [0.717, 1.165) is 17.4 Å². The number of likely N-dealkylation sites (N-methyl/N-ethyl adjacent to an activating group) is 1. The number of aliphatic hydroxyl groups is 4. The average molecular weight is 898 g/mol. The van der Waals surface area contributed by atoms with Crippen molar-refractivity contribution in [3.8, 4) is 6.07 Å². The number of carbonyl (C=O) groups excluding carboxylic acids is 3. The first-order valence-corrected chi connectivity index (χ1v) is 20.9. The van der Waals surface area contributed by atoms with Crippen LogP contribution in [-0.4, -0.2) is 178 Å². The second-order valence-electron chi connectivity index (χ2n) is 15.8. The number of benzene rings is 1. The van der Waals surface area contributed by atoms with Crippen LogP contribution in [0.2, 0.25) is 0 Å². The minimum absolute atomic E-state index is 0.0203. The van der Waals surface area contributed by atoms with Crippen LogP contribution in [0.3, 0.4) is 0 Å². The molecule has 22 heteroatoms. The van der Waals surface area contributed by atoms with Crippen LogP contribution in [0.1, 0.15) is 32.3 Å². The number of ether oxygens (including phenoxy) is 5. The van der Waals surface area contributed by atoms with Gasteiger partial charge >= 0.3 is 0 Å². The molecule has 5 heterocycles. The topological polar surface area (TPSA) is 275 Å². The predicted molar refractivity (Wildman–Crippen MR) is 228 cm³/mol. The molecule has 0 radical (unpaired) electrons. The van der Waals surface area contributed by atoms with E-state index < -0.39 is 79.8 Å². The molecule has 0 aliphatic carbocycles. The van der Waals surface area contributed by atoms with Gasteiger partial charge in [0.15, 0.2) is 29.4 Å². The number of nitrogens with zero attached hydrogens (tertiary/aromatic N) is 6. The predicted octanol–water partition coefficient (Wildman–Crippen LogP) is -1.00. The van der Waals surface area contributed by atoms with E-state index in [2.05, 4.69) is 37.7 Å². The number of piperidine rings is 1. The molecule has 0 spiro atoms. The number of aliphatic hydroxyl groups excluding tert-OH is 4. The lowest BCUT2D eigenvalue weighted by molar-refractivity contribution is -0.338. The van der Waals surface area contributed by atoms with Crippen molar-refractivity contribution in [1.82, 2.24) is 30.1 Å². The molecule has 3 fully saturated rings. The van der Waals surface area contributed by atoms with E-state index in [4.69, 9.17) is 41.2 Å². The molecule has 21 nitrogen and oxygen atoms in total. The first-order valence-electron chi connectivity index (χ1n) is 20.5. The van der Waals surface area contributed by atoms with Crippen molar-refractivity contribution in [3.05, 3.63) is 48.4 Å². The summed E-state index contributed by atoms with van der Waals surface area (Å²) in [7, 11) is 4.49. The highest BCUT2D eigenvalue weighted by Crippen LogP contribution is 2.32. The minimum atomic E-state index is -1.75. The SMILES string of the molecule is CO[C@@H]1OC(CO)[C@@H](O)C(O[C@@H]2OC(C(=O)NCCc3ccc(NC(=S)n4ccc5c(N(C)[C@H]6CN(C(=O)CC#N)CC[C@H]6C)ncnc54)cc3)[C@@H](OC)C(O)C2O)C1NC(C)=O. The van der Waals surface area contributed by atoms with E-state index in [0.29, 0.717) is 41.8 Å². The Morgan fingerprint density at radius 2 is 1.78 bits per heavy atom. The lowest BCUT2D eigenvalue weighted by Crippen LogP contribution is -2.68. The Hall–Kier alpha value is -4.93. The summed E-state index contributed by atoms with van der Waals surface area (Å²) in [6.45, 7) is 3.99. The molecule has 63 heavy (non-hydrogen) atoms. The van der Waals surface area contributed by atoms with Crippen LogP contribution < -0.4 is 20.9 Å². The van der Waals surface area contributed by atoms with Gasteiger partial charge in [0.1, 0.15) is 61.2 Å². The van der Waals surface area contributed by atoms with Gasteiger partial charge in [0.2, 0.25) is 11.8 Å².